The highest BCUT2D eigenvalue weighted by Crippen LogP contribution is 2.34. The van der Waals surface area contributed by atoms with Crippen molar-refractivity contribution in [1.82, 2.24) is 10.6 Å². The molecule has 0 bridgehead atoms. The fourth-order valence-electron chi connectivity index (χ4n) is 4.17. The summed E-state index contributed by atoms with van der Waals surface area (Å²) in [5.74, 6) is -1.84. The topological polar surface area (TPSA) is 87.7 Å². The van der Waals surface area contributed by atoms with E-state index in [0.717, 1.165) is 29.9 Å². The smallest absolute Gasteiger partial charge is 0.376 e. The SMILES string of the molecule is O=C(NCC(=O)N(c1cccc(C(F)(F)F)c1)[C@H](C(=O)NC[C@H]1CCCO1)c1ccccc1)c1cccs1. The maximum atomic E-state index is 13.6. The Morgan fingerprint density at radius 1 is 1.03 bits per heavy atom. The second-order valence-electron chi connectivity index (χ2n) is 8.67. The van der Waals surface area contributed by atoms with Crippen LogP contribution < -0.4 is 15.5 Å². The Kier molecular flexibility index (Phi) is 8.80. The summed E-state index contributed by atoms with van der Waals surface area (Å²) in [6, 6.07) is 14.5. The summed E-state index contributed by atoms with van der Waals surface area (Å²) in [4.78, 5) is 41.0. The van der Waals surface area contributed by atoms with Gasteiger partial charge in [-0.15, -0.1) is 11.3 Å². The van der Waals surface area contributed by atoms with Crippen LogP contribution in [-0.4, -0.2) is 43.5 Å². The molecule has 2 atom stereocenters. The van der Waals surface area contributed by atoms with E-state index >= 15 is 0 Å². The Bertz CT molecular complexity index is 1250. The molecule has 38 heavy (non-hydrogen) atoms. The molecule has 1 fully saturated rings. The highest BCUT2D eigenvalue weighted by molar-refractivity contribution is 7.12. The number of thiophene rings is 1. The van der Waals surface area contributed by atoms with E-state index < -0.39 is 42.0 Å². The number of alkyl halides is 3. The van der Waals surface area contributed by atoms with Crippen LogP contribution in [0.2, 0.25) is 0 Å². The molecule has 4 rings (SSSR count). The molecule has 11 heteroatoms. The van der Waals surface area contributed by atoms with E-state index in [0.29, 0.717) is 17.0 Å². The number of hydrogen-bond donors (Lipinski definition) is 2. The number of carbonyl (C=O) groups is 3. The third-order valence-corrected chi connectivity index (χ3v) is 6.88. The second-order valence-corrected chi connectivity index (χ2v) is 9.61. The van der Waals surface area contributed by atoms with Crippen molar-refractivity contribution < 1.29 is 32.3 Å². The molecule has 0 saturated carbocycles. The summed E-state index contributed by atoms with van der Waals surface area (Å²) in [5.41, 5.74) is -0.703. The van der Waals surface area contributed by atoms with Crippen molar-refractivity contribution in [3.63, 3.8) is 0 Å². The van der Waals surface area contributed by atoms with Gasteiger partial charge in [0.25, 0.3) is 5.91 Å². The lowest BCUT2D eigenvalue weighted by Gasteiger charge is -2.32. The number of amides is 3. The minimum absolute atomic E-state index is 0.128. The number of nitrogens with one attached hydrogen (secondary N) is 2. The van der Waals surface area contributed by atoms with Gasteiger partial charge in [0.1, 0.15) is 6.04 Å². The molecular formula is C27H26F3N3O4S. The minimum Gasteiger partial charge on any atom is -0.376 e. The Labute approximate surface area is 221 Å². The number of nitrogens with zero attached hydrogens (tertiary/aromatic N) is 1. The molecule has 2 heterocycles. The Morgan fingerprint density at radius 2 is 1.82 bits per heavy atom. The van der Waals surface area contributed by atoms with Gasteiger partial charge in [-0.05, 0) is 48.1 Å². The number of rotatable bonds is 9. The Morgan fingerprint density at radius 3 is 2.47 bits per heavy atom. The van der Waals surface area contributed by atoms with Crippen LogP contribution in [0.15, 0.2) is 72.1 Å². The summed E-state index contributed by atoms with van der Waals surface area (Å²) < 4.78 is 46.3. The van der Waals surface area contributed by atoms with Gasteiger partial charge in [-0.3, -0.25) is 19.3 Å². The van der Waals surface area contributed by atoms with Crippen LogP contribution in [-0.2, 0) is 20.5 Å². The van der Waals surface area contributed by atoms with Gasteiger partial charge in [-0.2, -0.15) is 13.2 Å². The quantitative estimate of drug-likeness (QED) is 0.413. The predicted octanol–water partition coefficient (Wildman–Crippen LogP) is 4.57. The molecule has 0 radical (unpaired) electrons. The zero-order valence-corrected chi connectivity index (χ0v) is 21.1. The lowest BCUT2D eigenvalue weighted by atomic mass is 10.0. The molecule has 1 aliphatic rings. The number of benzene rings is 2. The fourth-order valence-corrected chi connectivity index (χ4v) is 4.81. The Balaban J connectivity index is 1.69. The van der Waals surface area contributed by atoms with E-state index in [-0.39, 0.29) is 18.3 Å². The maximum absolute atomic E-state index is 13.6. The van der Waals surface area contributed by atoms with Crippen LogP contribution in [0.1, 0.15) is 39.7 Å². The molecule has 0 unspecified atom stereocenters. The van der Waals surface area contributed by atoms with E-state index in [1.165, 1.54) is 23.5 Å². The van der Waals surface area contributed by atoms with E-state index in [2.05, 4.69) is 10.6 Å². The van der Waals surface area contributed by atoms with Crippen molar-refractivity contribution in [3.05, 3.63) is 88.1 Å². The van der Waals surface area contributed by atoms with Crippen LogP contribution in [0.25, 0.3) is 0 Å². The van der Waals surface area contributed by atoms with E-state index in [1.54, 1.807) is 47.8 Å². The normalized spacial score (nSPS) is 16.0. The molecule has 0 spiro atoms. The molecule has 1 saturated heterocycles. The molecule has 200 valence electrons. The van der Waals surface area contributed by atoms with Crippen molar-refractivity contribution in [1.29, 1.82) is 0 Å². The third kappa shape index (κ3) is 6.78. The molecule has 0 aliphatic carbocycles. The average Bonchev–Trinajstić information content (AvgIpc) is 3.64. The average molecular weight is 546 g/mol. The maximum Gasteiger partial charge on any atom is 0.416 e. The molecule has 7 nitrogen and oxygen atoms in total. The van der Waals surface area contributed by atoms with Crippen LogP contribution in [0.5, 0.6) is 0 Å². The summed E-state index contributed by atoms with van der Waals surface area (Å²) in [6.07, 6.45) is -3.22. The number of carbonyl (C=O) groups excluding carboxylic acids is 3. The van der Waals surface area contributed by atoms with Crippen molar-refractivity contribution in [2.45, 2.75) is 31.2 Å². The van der Waals surface area contributed by atoms with Gasteiger partial charge in [0, 0.05) is 18.8 Å². The summed E-state index contributed by atoms with van der Waals surface area (Å²) >= 11 is 1.18. The van der Waals surface area contributed by atoms with Gasteiger partial charge in [0.05, 0.1) is 23.1 Å². The zero-order chi connectivity index (χ0) is 27.1. The standard InChI is InChI=1S/C27H26F3N3O4S/c28-27(29,30)19-9-4-10-20(15-19)33(23(34)17-32-25(35)22-12-6-14-38-22)24(18-7-2-1-3-8-18)26(36)31-16-21-11-5-13-37-21/h1-4,6-10,12,14-15,21,24H,5,11,13,16-17H2,(H,31,36)(H,32,35)/t21-,24+/m1/s1. The Hall–Kier alpha value is -3.70. The molecule has 1 aromatic heterocycles. The van der Waals surface area contributed by atoms with Crippen LogP contribution >= 0.6 is 11.3 Å². The molecule has 3 aromatic rings. The van der Waals surface area contributed by atoms with E-state index in [4.69, 9.17) is 4.74 Å². The van der Waals surface area contributed by atoms with Crippen molar-refractivity contribution in [2.24, 2.45) is 0 Å². The lowest BCUT2D eigenvalue weighted by Crippen LogP contribution is -2.48. The first-order valence-corrected chi connectivity index (χ1v) is 12.9. The van der Waals surface area contributed by atoms with Crippen molar-refractivity contribution in [2.75, 3.05) is 24.6 Å². The summed E-state index contributed by atoms with van der Waals surface area (Å²) in [6.45, 7) is 0.249. The van der Waals surface area contributed by atoms with Gasteiger partial charge in [0.15, 0.2) is 0 Å². The first kappa shape index (κ1) is 27.3. The first-order chi connectivity index (χ1) is 18.2. The minimum atomic E-state index is -4.66. The fraction of sp³-hybridized carbons (Fsp3) is 0.296. The number of ether oxygens (including phenoxy) is 1. The van der Waals surface area contributed by atoms with Gasteiger partial charge >= 0.3 is 6.18 Å². The lowest BCUT2D eigenvalue weighted by molar-refractivity contribution is -0.137. The number of hydrogen-bond acceptors (Lipinski definition) is 5. The third-order valence-electron chi connectivity index (χ3n) is 6.02. The molecule has 1 aliphatic heterocycles. The zero-order valence-electron chi connectivity index (χ0n) is 20.2. The van der Waals surface area contributed by atoms with Gasteiger partial charge in [-0.25, -0.2) is 0 Å². The summed E-state index contributed by atoms with van der Waals surface area (Å²) in [7, 11) is 0. The predicted molar refractivity (Wildman–Crippen MR) is 137 cm³/mol. The largest absolute Gasteiger partial charge is 0.416 e. The molecule has 2 N–H and O–H groups in total. The van der Waals surface area contributed by atoms with Crippen LogP contribution in [0.3, 0.4) is 0 Å². The van der Waals surface area contributed by atoms with Crippen LogP contribution in [0, 0.1) is 0 Å². The molecule has 2 aromatic carbocycles. The van der Waals surface area contributed by atoms with Gasteiger partial charge < -0.3 is 15.4 Å². The summed E-state index contributed by atoms with van der Waals surface area (Å²) in [5, 5.41) is 7.01. The highest BCUT2D eigenvalue weighted by atomic mass is 32.1. The van der Waals surface area contributed by atoms with Crippen molar-refractivity contribution >= 4 is 34.7 Å². The van der Waals surface area contributed by atoms with E-state index in [9.17, 15) is 27.6 Å². The molecular weight excluding hydrogens is 519 g/mol. The monoisotopic (exact) mass is 545 g/mol. The van der Waals surface area contributed by atoms with Crippen molar-refractivity contribution in [3.8, 4) is 0 Å². The molecule has 3 amide bonds. The second kappa shape index (κ2) is 12.2. The first-order valence-electron chi connectivity index (χ1n) is 12.0. The van der Waals surface area contributed by atoms with Gasteiger partial charge in [-0.1, -0.05) is 42.5 Å². The number of halogens is 3. The van der Waals surface area contributed by atoms with Gasteiger partial charge in [0.2, 0.25) is 11.8 Å². The highest BCUT2D eigenvalue weighted by Gasteiger charge is 2.36. The van der Waals surface area contributed by atoms with Crippen LogP contribution in [0.4, 0.5) is 18.9 Å². The van der Waals surface area contributed by atoms with E-state index in [1.807, 2.05) is 0 Å². The number of anilines is 1.